The number of amides is 1. The van der Waals surface area contributed by atoms with Crippen LogP contribution in [0.5, 0.6) is 0 Å². The SMILES string of the molecule is O=C(c1ccccc1Cl)N1CCc2c([nH]c3ccccc23)C1c1c[nH]c2ccccc12. The fraction of sp³-hybridized carbons (Fsp3) is 0.115. The van der Waals surface area contributed by atoms with Crippen LogP contribution in [0.25, 0.3) is 21.8 Å². The number of H-pyrrole nitrogens is 2. The van der Waals surface area contributed by atoms with Gasteiger partial charge in [-0.1, -0.05) is 60.1 Å². The molecule has 0 saturated carbocycles. The third kappa shape index (κ3) is 2.79. The maximum Gasteiger partial charge on any atom is 0.256 e. The molecule has 1 unspecified atom stereocenters. The lowest BCUT2D eigenvalue weighted by Gasteiger charge is -2.36. The Morgan fingerprint density at radius 1 is 0.903 bits per heavy atom. The number of carbonyl (C=O) groups is 1. The molecule has 1 aliphatic heterocycles. The van der Waals surface area contributed by atoms with E-state index in [9.17, 15) is 4.79 Å². The quantitative estimate of drug-likeness (QED) is 0.353. The molecule has 1 atom stereocenters. The summed E-state index contributed by atoms with van der Waals surface area (Å²) >= 11 is 6.41. The molecule has 152 valence electrons. The molecular weight excluding hydrogens is 406 g/mol. The van der Waals surface area contributed by atoms with Crippen LogP contribution in [0.3, 0.4) is 0 Å². The average molecular weight is 426 g/mol. The number of nitrogens with one attached hydrogen (secondary N) is 2. The number of halogens is 1. The molecular formula is C26H20ClN3O. The number of aromatic nitrogens is 2. The standard InChI is InChI=1S/C26H20ClN3O/c27-21-10-4-1-9-19(21)26(31)30-14-13-18-16-7-3-6-12-23(16)29-24(18)25(30)20-15-28-22-11-5-2-8-17(20)22/h1-12,15,25,28-29H,13-14H2. The van der Waals surface area contributed by atoms with E-state index in [2.05, 4.69) is 40.3 Å². The molecule has 2 N–H and O–H groups in total. The third-order valence-electron chi connectivity index (χ3n) is 6.32. The molecule has 5 heteroatoms. The molecule has 0 fully saturated rings. The number of rotatable bonds is 2. The highest BCUT2D eigenvalue weighted by atomic mass is 35.5. The molecule has 0 aliphatic carbocycles. The second kappa shape index (κ2) is 7.03. The van der Waals surface area contributed by atoms with Gasteiger partial charge < -0.3 is 14.9 Å². The van der Waals surface area contributed by atoms with Gasteiger partial charge in [-0.25, -0.2) is 0 Å². The highest BCUT2D eigenvalue weighted by molar-refractivity contribution is 6.33. The smallest absolute Gasteiger partial charge is 0.256 e. The van der Waals surface area contributed by atoms with Crippen LogP contribution in [-0.2, 0) is 6.42 Å². The Morgan fingerprint density at radius 2 is 1.61 bits per heavy atom. The Balaban J connectivity index is 1.58. The van der Waals surface area contributed by atoms with Gasteiger partial charge in [-0.2, -0.15) is 0 Å². The van der Waals surface area contributed by atoms with Crippen LogP contribution in [0, 0.1) is 0 Å². The number of hydrogen-bond acceptors (Lipinski definition) is 1. The van der Waals surface area contributed by atoms with Gasteiger partial charge in [0.15, 0.2) is 0 Å². The van der Waals surface area contributed by atoms with E-state index in [1.165, 1.54) is 10.9 Å². The minimum Gasteiger partial charge on any atom is -0.361 e. The zero-order valence-electron chi connectivity index (χ0n) is 16.7. The number of aromatic amines is 2. The first kappa shape index (κ1) is 18.3. The topological polar surface area (TPSA) is 51.9 Å². The predicted octanol–water partition coefficient (Wildman–Crippen LogP) is 6.09. The number of carbonyl (C=O) groups excluding carboxylic acids is 1. The second-order valence-corrected chi connectivity index (χ2v) is 8.39. The van der Waals surface area contributed by atoms with E-state index >= 15 is 0 Å². The van der Waals surface area contributed by atoms with E-state index in [0.717, 1.165) is 34.1 Å². The van der Waals surface area contributed by atoms with Crippen LogP contribution < -0.4 is 0 Å². The van der Waals surface area contributed by atoms with E-state index in [1.807, 2.05) is 41.4 Å². The van der Waals surface area contributed by atoms with Crippen molar-refractivity contribution in [1.82, 2.24) is 14.9 Å². The van der Waals surface area contributed by atoms with Crippen molar-refractivity contribution in [2.24, 2.45) is 0 Å². The minimum absolute atomic E-state index is 0.0508. The Kier molecular flexibility index (Phi) is 4.15. The lowest BCUT2D eigenvalue weighted by molar-refractivity contribution is 0.0693. The molecule has 4 nitrogen and oxygen atoms in total. The van der Waals surface area contributed by atoms with Crippen molar-refractivity contribution in [1.29, 1.82) is 0 Å². The van der Waals surface area contributed by atoms with Gasteiger partial charge in [-0.3, -0.25) is 4.79 Å². The van der Waals surface area contributed by atoms with Crippen molar-refractivity contribution < 1.29 is 4.79 Å². The minimum atomic E-state index is -0.226. The summed E-state index contributed by atoms with van der Waals surface area (Å²) < 4.78 is 0. The third-order valence-corrected chi connectivity index (χ3v) is 6.65. The maximum atomic E-state index is 13.7. The first-order chi connectivity index (χ1) is 15.2. The summed E-state index contributed by atoms with van der Waals surface area (Å²) in [6.45, 7) is 0.628. The van der Waals surface area contributed by atoms with E-state index in [0.29, 0.717) is 17.1 Å². The first-order valence-electron chi connectivity index (χ1n) is 10.4. The summed E-state index contributed by atoms with van der Waals surface area (Å²) in [6, 6.07) is 23.6. The van der Waals surface area contributed by atoms with E-state index in [1.54, 1.807) is 12.1 Å². The van der Waals surface area contributed by atoms with Gasteiger partial charge in [0, 0.05) is 45.8 Å². The molecule has 31 heavy (non-hydrogen) atoms. The van der Waals surface area contributed by atoms with E-state index in [-0.39, 0.29) is 11.9 Å². The summed E-state index contributed by atoms with van der Waals surface area (Å²) in [5.41, 5.74) is 6.15. The van der Waals surface area contributed by atoms with Crippen molar-refractivity contribution in [2.45, 2.75) is 12.5 Å². The molecule has 0 bridgehead atoms. The van der Waals surface area contributed by atoms with Crippen LogP contribution in [0.1, 0.15) is 33.2 Å². The van der Waals surface area contributed by atoms with Crippen molar-refractivity contribution in [3.8, 4) is 0 Å². The summed E-state index contributed by atoms with van der Waals surface area (Å²) in [4.78, 5) is 22.7. The Bertz CT molecular complexity index is 1450. The van der Waals surface area contributed by atoms with Gasteiger partial charge >= 0.3 is 0 Å². The molecule has 0 spiro atoms. The Hall–Kier alpha value is -3.50. The zero-order valence-corrected chi connectivity index (χ0v) is 17.5. The number of fused-ring (bicyclic) bond motifs is 4. The summed E-state index contributed by atoms with van der Waals surface area (Å²) in [7, 11) is 0. The van der Waals surface area contributed by atoms with Crippen molar-refractivity contribution in [3.63, 3.8) is 0 Å². The highest BCUT2D eigenvalue weighted by Gasteiger charge is 2.36. The Morgan fingerprint density at radius 3 is 2.45 bits per heavy atom. The largest absolute Gasteiger partial charge is 0.361 e. The predicted molar refractivity (Wildman–Crippen MR) is 125 cm³/mol. The fourth-order valence-corrected chi connectivity index (χ4v) is 5.11. The van der Waals surface area contributed by atoms with Gasteiger partial charge in [-0.05, 0) is 36.2 Å². The summed E-state index contributed by atoms with van der Waals surface area (Å²) in [5, 5.41) is 2.83. The van der Waals surface area contributed by atoms with Crippen LogP contribution in [0.2, 0.25) is 5.02 Å². The lowest BCUT2D eigenvalue weighted by atomic mass is 9.91. The van der Waals surface area contributed by atoms with Gasteiger partial charge in [0.1, 0.15) is 0 Å². The van der Waals surface area contributed by atoms with E-state index < -0.39 is 0 Å². The number of hydrogen-bond donors (Lipinski definition) is 2. The fourth-order valence-electron chi connectivity index (χ4n) is 4.89. The Labute approximate surface area is 184 Å². The molecule has 0 saturated heterocycles. The molecule has 6 rings (SSSR count). The van der Waals surface area contributed by atoms with Gasteiger partial charge in [0.25, 0.3) is 5.91 Å². The maximum absolute atomic E-state index is 13.7. The van der Waals surface area contributed by atoms with Gasteiger partial charge in [0.2, 0.25) is 0 Å². The monoisotopic (exact) mass is 425 g/mol. The summed E-state index contributed by atoms with van der Waals surface area (Å²) in [5.74, 6) is -0.0508. The van der Waals surface area contributed by atoms with E-state index in [4.69, 9.17) is 11.6 Å². The molecule has 1 amide bonds. The molecule has 5 aromatic rings. The van der Waals surface area contributed by atoms with Crippen LogP contribution in [0.15, 0.2) is 79.0 Å². The van der Waals surface area contributed by atoms with Crippen molar-refractivity contribution >= 4 is 39.3 Å². The average Bonchev–Trinajstić information content (AvgIpc) is 3.40. The zero-order chi connectivity index (χ0) is 20.9. The first-order valence-corrected chi connectivity index (χ1v) is 10.8. The molecule has 2 aromatic heterocycles. The lowest BCUT2D eigenvalue weighted by Crippen LogP contribution is -2.40. The molecule has 0 radical (unpaired) electrons. The number of para-hydroxylation sites is 2. The highest BCUT2D eigenvalue weighted by Crippen LogP contribution is 2.41. The van der Waals surface area contributed by atoms with Gasteiger partial charge in [-0.15, -0.1) is 0 Å². The molecule has 3 aromatic carbocycles. The molecule has 1 aliphatic rings. The van der Waals surface area contributed by atoms with Crippen molar-refractivity contribution in [2.75, 3.05) is 6.54 Å². The normalized spacial score (nSPS) is 16.0. The van der Waals surface area contributed by atoms with Crippen molar-refractivity contribution in [3.05, 3.63) is 106 Å². The van der Waals surface area contributed by atoms with Gasteiger partial charge in [0.05, 0.1) is 16.6 Å². The number of benzene rings is 3. The van der Waals surface area contributed by atoms with Crippen LogP contribution >= 0.6 is 11.6 Å². The van der Waals surface area contributed by atoms with Crippen LogP contribution in [0.4, 0.5) is 0 Å². The number of nitrogens with zero attached hydrogens (tertiary/aromatic N) is 1. The summed E-state index contributed by atoms with van der Waals surface area (Å²) in [6.07, 6.45) is 2.83. The molecule has 3 heterocycles. The van der Waals surface area contributed by atoms with Crippen LogP contribution in [-0.4, -0.2) is 27.3 Å². The second-order valence-electron chi connectivity index (χ2n) is 7.98.